The fourth-order valence-corrected chi connectivity index (χ4v) is 5.10. The number of aromatic nitrogens is 1. The first kappa shape index (κ1) is 22.8. The third kappa shape index (κ3) is 4.18. The SMILES string of the molecule is COc1cc2c(cn1)COC(=O)c1cc(Br)c(O)c(c1)S(=O)(=O)Nc1cc-2cc(F)c1OC. The summed E-state index contributed by atoms with van der Waals surface area (Å²) in [7, 11) is -1.91. The van der Waals surface area contributed by atoms with Gasteiger partial charge < -0.3 is 19.3 Å². The third-order valence-electron chi connectivity index (χ3n) is 4.89. The largest absolute Gasteiger partial charge is 0.505 e. The van der Waals surface area contributed by atoms with E-state index in [1.165, 1.54) is 38.6 Å². The number of nitrogens with zero attached hydrogens (tertiary/aromatic N) is 1. The monoisotopic (exact) mass is 538 g/mol. The Labute approximate surface area is 196 Å². The summed E-state index contributed by atoms with van der Waals surface area (Å²) in [5.41, 5.74) is 0.703. The van der Waals surface area contributed by atoms with Crippen LogP contribution in [0, 0.1) is 5.82 Å². The molecule has 4 bridgehead atoms. The summed E-state index contributed by atoms with van der Waals surface area (Å²) in [6.07, 6.45) is 1.41. The second-order valence-electron chi connectivity index (χ2n) is 6.91. The van der Waals surface area contributed by atoms with Gasteiger partial charge in [0.25, 0.3) is 10.0 Å². The fraction of sp³-hybridized carbons (Fsp3) is 0.143. The predicted molar refractivity (Wildman–Crippen MR) is 118 cm³/mol. The number of phenolic OH excluding ortho intramolecular Hbond substituents is 1. The zero-order valence-electron chi connectivity index (χ0n) is 17.2. The first-order valence-electron chi connectivity index (χ1n) is 9.28. The minimum atomic E-state index is -4.50. The molecule has 9 nitrogen and oxygen atoms in total. The Kier molecular flexibility index (Phi) is 5.89. The van der Waals surface area contributed by atoms with Gasteiger partial charge in [-0.1, -0.05) is 0 Å². The number of hydrogen-bond acceptors (Lipinski definition) is 8. The van der Waals surface area contributed by atoms with Crippen molar-refractivity contribution in [3.8, 4) is 28.5 Å². The summed E-state index contributed by atoms with van der Waals surface area (Å²) < 4.78 is 58.9. The van der Waals surface area contributed by atoms with Gasteiger partial charge >= 0.3 is 5.97 Å². The number of methoxy groups -OCH3 is 2. The number of halogens is 2. The molecule has 3 aromatic rings. The van der Waals surface area contributed by atoms with Gasteiger partial charge in [0.15, 0.2) is 11.6 Å². The average Bonchev–Trinajstić information content (AvgIpc) is 2.78. The Morgan fingerprint density at radius 3 is 2.61 bits per heavy atom. The number of pyridine rings is 1. The van der Waals surface area contributed by atoms with E-state index in [4.69, 9.17) is 14.2 Å². The van der Waals surface area contributed by atoms with Gasteiger partial charge in [0.05, 0.1) is 29.9 Å². The van der Waals surface area contributed by atoms with Gasteiger partial charge in [-0.05, 0) is 51.3 Å². The standard InChI is InChI=1S/C21H16BrFN2O7S/c1-30-18-7-13-10-4-15(23)20(31-2)16(5-10)25-33(28,29)17-6-11(3-14(22)19(17)26)21(27)32-9-12(13)8-24-18/h3-8,25-26H,9H2,1-2H3. The molecule has 172 valence electrons. The summed E-state index contributed by atoms with van der Waals surface area (Å²) in [5.74, 6) is -2.48. The second kappa shape index (κ2) is 8.52. The molecule has 0 aliphatic carbocycles. The van der Waals surface area contributed by atoms with E-state index in [2.05, 4.69) is 25.6 Å². The summed E-state index contributed by atoms with van der Waals surface area (Å²) >= 11 is 3.04. The van der Waals surface area contributed by atoms with Crippen LogP contribution in [0.3, 0.4) is 0 Å². The van der Waals surface area contributed by atoms with Crippen LogP contribution in [0.5, 0.6) is 17.4 Å². The van der Waals surface area contributed by atoms with E-state index >= 15 is 0 Å². The molecule has 4 rings (SSSR count). The normalized spacial score (nSPS) is 14.5. The second-order valence-corrected chi connectivity index (χ2v) is 9.41. The number of carbonyl (C=O) groups excluding carboxylic acids is 1. The summed E-state index contributed by atoms with van der Waals surface area (Å²) in [5, 5.41) is 10.3. The van der Waals surface area contributed by atoms with Crippen molar-refractivity contribution in [3.63, 3.8) is 0 Å². The molecule has 1 aromatic heterocycles. The maximum atomic E-state index is 14.9. The van der Waals surface area contributed by atoms with Crippen LogP contribution in [0.4, 0.5) is 10.1 Å². The number of ether oxygens (including phenoxy) is 3. The Morgan fingerprint density at radius 2 is 1.91 bits per heavy atom. The van der Waals surface area contributed by atoms with Crippen molar-refractivity contribution in [2.45, 2.75) is 11.5 Å². The Balaban J connectivity index is 2.03. The number of rotatable bonds is 2. The number of cyclic esters (lactones) is 1. The smallest absolute Gasteiger partial charge is 0.338 e. The maximum absolute atomic E-state index is 14.9. The molecular weight excluding hydrogens is 523 g/mol. The van der Waals surface area contributed by atoms with Crippen molar-refractivity contribution in [2.24, 2.45) is 0 Å². The molecular formula is C21H16BrFN2O7S. The minimum absolute atomic E-state index is 0.0501. The highest BCUT2D eigenvalue weighted by molar-refractivity contribution is 9.10. The molecule has 0 fully saturated rings. The molecule has 0 amide bonds. The topological polar surface area (TPSA) is 124 Å². The van der Waals surface area contributed by atoms with Crippen molar-refractivity contribution in [2.75, 3.05) is 18.9 Å². The van der Waals surface area contributed by atoms with Crippen molar-refractivity contribution in [3.05, 3.63) is 57.9 Å². The third-order valence-corrected chi connectivity index (χ3v) is 6.87. The van der Waals surface area contributed by atoms with Crippen molar-refractivity contribution >= 4 is 37.6 Å². The number of carbonyl (C=O) groups is 1. The molecule has 2 heterocycles. The first-order chi connectivity index (χ1) is 15.6. The average molecular weight is 539 g/mol. The molecule has 0 saturated heterocycles. The number of aromatic hydroxyl groups is 1. The Bertz CT molecular complexity index is 1400. The number of sulfonamides is 1. The van der Waals surface area contributed by atoms with Gasteiger partial charge in [-0.25, -0.2) is 22.6 Å². The molecule has 33 heavy (non-hydrogen) atoms. The lowest BCUT2D eigenvalue weighted by Gasteiger charge is -2.16. The van der Waals surface area contributed by atoms with Crippen LogP contribution < -0.4 is 14.2 Å². The van der Waals surface area contributed by atoms with E-state index in [1.807, 2.05) is 0 Å². The summed E-state index contributed by atoms with van der Waals surface area (Å²) in [6.45, 7) is -0.248. The number of hydrogen-bond donors (Lipinski definition) is 2. The highest BCUT2D eigenvalue weighted by atomic mass is 79.9. The Morgan fingerprint density at radius 1 is 1.15 bits per heavy atom. The van der Waals surface area contributed by atoms with E-state index in [0.29, 0.717) is 11.1 Å². The van der Waals surface area contributed by atoms with E-state index in [0.717, 1.165) is 12.1 Å². The van der Waals surface area contributed by atoms with E-state index in [1.54, 1.807) is 0 Å². The summed E-state index contributed by atoms with van der Waals surface area (Å²) in [4.78, 5) is 16.2. The molecule has 0 saturated carbocycles. The van der Waals surface area contributed by atoms with Gasteiger partial charge in [0, 0.05) is 17.8 Å². The molecule has 12 heteroatoms. The first-order valence-corrected chi connectivity index (χ1v) is 11.6. The minimum Gasteiger partial charge on any atom is -0.505 e. The van der Waals surface area contributed by atoms with Gasteiger partial charge in [0.1, 0.15) is 17.3 Å². The number of anilines is 1. The number of esters is 1. The van der Waals surface area contributed by atoms with Crippen molar-refractivity contribution in [1.29, 1.82) is 0 Å². The van der Waals surface area contributed by atoms with Gasteiger partial charge in [-0.3, -0.25) is 4.72 Å². The van der Waals surface area contributed by atoms with Crippen LogP contribution in [0.25, 0.3) is 11.1 Å². The van der Waals surface area contributed by atoms with Crippen molar-refractivity contribution in [1.82, 2.24) is 4.98 Å². The van der Waals surface area contributed by atoms with Crippen LogP contribution in [0.1, 0.15) is 15.9 Å². The number of phenols is 1. The molecule has 0 spiro atoms. The van der Waals surface area contributed by atoms with Gasteiger partial charge in [0.2, 0.25) is 5.88 Å². The molecule has 2 aromatic carbocycles. The van der Waals surface area contributed by atoms with E-state index < -0.39 is 32.5 Å². The molecule has 0 atom stereocenters. The highest BCUT2D eigenvalue weighted by Crippen LogP contribution is 2.39. The van der Waals surface area contributed by atoms with E-state index in [9.17, 15) is 22.7 Å². The summed E-state index contributed by atoms with van der Waals surface area (Å²) in [6, 6.07) is 6.19. The molecule has 1 aliphatic heterocycles. The quantitative estimate of drug-likeness (QED) is 0.471. The van der Waals surface area contributed by atoms with Gasteiger partial charge in [-0.15, -0.1) is 0 Å². The zero-order valence-corrected chi connectivity index (χ0v) is 19.6. The predicted octanol–water partition coefficient (Wildman–Crippen LogP) is 3.84. The zero-order chi connectivity index (χ0) is 23.9. The van der Waals surface area contributed by atoms with Gasteiger partial charge in [-0.2, -0.15) is 0 Å². The Hall–Kier alpha value is -3.38. The lowest BCUT2D eigenvalue weighted by Crippen LogP contribution is -2.15. The lowest BCUT2D eigenvalue weighted by molar-refractivity contribution is 0.0472. The van der Waals surface area contributed by atoms with Crippen LogP contribution in [-0.2, 0) is 21.4 Å². The molecule has 0 radical (unpaired) electrons. The number of benzene rings is 2. The number of fused-ring (bicyclic) bond motifs is 6. The van der Waals surface area contributed by atoms with Crippen LogP contribution >= 0.6 is 15.9 Å². The number of nitrogens with one attached hydrogen (secondary N) is 1. The van der Waals surface area contributed by atoms with Crippen LogP contribution in [0.2, 0.25) is 0 Å². The fourth-order valence-electron chi connectivity index (χ4n) is 3.32. The molecule has 0 unspecified atom stereocenters. The van der Waals surface area contributed by atoms with Crippen molar-refractivity contribution < 1.29 is 36.9 Å². The van der Waals surface area contributed by atoms with E-state index in [-0.39, 0.29) is 39.5 Å². The molecule has 1 aliphatic rings. The lowest BCUT2D eigenvalue weighted by atomic mass is 10.0. The van der Waals surface area contributed by atoms with Crippen LogP contribution in [-0.4, -0.2) is 38.7 Å². The maximum Gasteiger partial charge on any atom is 0.338 e. The highest BCUT2D eigenvalue weighted by Gasteiger charge is 2.27. The molecule has 2 N–H and O–H groups in total. The van der Waals surface area contributed by atoms with Crippen LogP contribution in [0.15, 0.2) is 45.9 Å².